The Morgan fingerprint density at radius 3 is 2.25 bits per heavy atom. The Labute approximate surface area is 186 Å². The zero-order valence-electron chi connectivity index (χ0n) is 17.8. The molecule has 3 N–H and O–H groups in total. The molecule has 0 aliphatic carbocycles. The van der Waals surface area contributed by atoms with Gasteiger partial charge in [0.25, 0.3) is 5.91 Å². The number of nitrogens with one attached hydrogen (secondary N) is 2. The summed E-state index contributed by atoms with van der Waals surface area (Å²) in [5.41, 5.74) is 8.23. The molecule has 0 spiro atoms. The van der Waals surface area contributed by atoms with Gasteiger partial charge in [-0.3, -0.25) is 14.9 Å². The summed E-state index contributed by atoms with van der Waals surface area (Å²) in [6.45, 7) is 3.45. The Morgan fingerprint density at radius 1 is 0.906 bits per heavy atom. The van der Waals surface area contributed by atoms with Gasteiger partial charge in [-0.2, -0.15) is 0 Å². The lowest BCUT2D eigenvalue weighted by molar-refractivity contribution is 0.0706. The van der Waals surface area contributed by atoms with E-state index in [-0.39, 0.29) is 0 Å². The minimum atomic E-state index is -0.547. The van der Waals surface area contributed by atoms with Gasteiger partial charge in [0.1, 0.15) is 5.82 Å². The monoisotopic (exact) mass is 426 g/mol. The Hall–Kier alpha value is -3.48. The highest BCUT2D eigenvalue weighted by Gasteiger charge is 2.11. The number of benzene rings is 3. The molecule has 1 fully saturated rings. The number of aromatic amines is 1. The molecule has 32 heavy (non-hydrogen) atoms. The first kappa shape index (κ1) is 20.4. The SMILES string of the molecule is O=C(NO)c1ccc2nc(-c3ccc(-c4ccc(CN5CCCCC5)cc4)cc3)[nH]c2c1. The van der Waals surface area contributed by atoms with Crippen LogP contribution in [0.15, 0.2) is 66.7 Å². The van der Waals surface area contributed by atoms with E-state index in [9.17, 15) is 4.79 Å². The third-order valence-electron chi connectivity index (χ3n) is 6.15. The third-order valence-corrected chi connectivity index (χ3v) is 6.15. The molecule has 2 heterocycles. The maximum absolute atomic E-state index is 11.6. The number of rotatable bonds is 5. The van der Waals surface area contributed by atoms with E-state index >= 15 is 0 Å². The zero-order valence-corrected chi connectivity index (χ0v) is 17.8. The molecule has 5 rings (SSSR count). The van der Waals surface area contributed by atoms with Crippen molar-refractivity contribution in [3.8, 4) is 22.5 Å². The molecule has 6 nitrogen and oxygen atoms in total. The fourth-order valence-electron chi connectivity index (χ4n) is 4.35. The lowest BCUT2D eigenvalue weighted by Crippen LogP contribution is -2.28. The molecule has 1 aliphatic heterocycles. The van der Waals surface area contributed by atoms with Crippen LogP contribution in [-0.4, -0.2) is 39.1 Å². The van der Waals surface area contributed by atoms with Crippen LogP contribution in [0.5, 0.6) is 0 Å². The molecule has 162 valence electrons. The molecule has 0 radical (unpaired) electrons. The van der Waals surface area contributed by atoms with Crippen molar-refractivity contribution in [2.45, 2.75) is 25.8 Å². The predicted molar refractivity (Wildman–Crippen MR) is 125 cm³/mol. The van der Waals surface area contributed by atoms with Gasteiger partial charge in [0.05, 0.1) is 11.0 Å². The van der Waals surface area contributed by atoms with Crippen LogP contribution in [0.4, 0.5) is 0 Å². The van der Waals surface area contributed by atoms with Crippen LogP contribution in [-0.2, 0) is 6.54 Å². The average molecular weight is 427 g/mol. The van der Waals surface area contributed by atoms with Crippen molar-refractivity contribution >= 4 is 16.9 Å². The summed E-state index contributed by atoms with van der Waals surface area (Å²) in [6, 6.07) is 22.2. The van der Waals surface area contributed by atoms with Gasteiger partial charge in [-0.1, -0.05) is 55.0 Å². The van der Waals surface area contributed by atoms with E-state index in [4.69, 9.17) is 5.21 Å². The number of carbonyl (C=O) groups excluding carboxylic acids is 1. The first-order chi connectivity index (χ1) is 15.7. The van der Waals surface area contributed by atoms with Gasteiger partial charge in [-0.15, -0.1) is 0 Å². The standard InChI is InChI=1S/C26H26N4O2/c31-26(29-32)22-12-13-23-24(16-22)28-25(27-23)21-10-8-20(9-11-21)19-6-4-18(5-7-19)17-30-14-2-1-3-15-30/h4-13,16,32H,1-3,14-15,17H2,(H,27,28)(H,29,31). The van der Waals surface area contributed by atoms with E-state index in [1.54, 1.807) is 23.7 Å². The van der Waals surface area contributed by atoms with Crippen LogP contribution < -0.4 is 5.48 Å². The summed E-state index contributed by atoms with van der Waals surface area (Å²) in [5, 5.41) is 8.82. The first-order valence-electron chi connectivity index (χ1n) is 11.1. The van der Waals surface area contributed by atoms with Crippen molar-refractivity contribution in [1.82, 2.24) is 20.3 Å². The molecule has 4 aromatic rings. The molecule has 0 bridgehead atoms. The Morgan fingerprint density at radius 2 is 1.56 bits per heavy atom. The van der Waals surface area contributed by atoms with E-state index in [0.717, 1.165) is 34.5 Å². The summed E-state index contributed by atoms with van der Waals surface area (Å²) >= 11 is 0. The number of hydroxylamine groups is 1. The largest absolute Gasteiger partial charge is 0.338 e. The van der Waals surface area contributed by atoms with E-state index in [0.29, 0.717) is 5.56 Å². The quantitative estimate of drug-likeness (QED) is 0.310. The van der Waals surface area contributed by atoms with Gasteiger partial charge >= 0.3 is 0 Å². The van der Waals surface area contributed by atoms with Crippen molar-refractivity contribution in [2.75, 3.05) is 13.1 Å². The highest BCUT2D eigenvalue weighted by atomic mass is 16.5. The van der Waals surface area contributed by atoms with Gasteiger partial charge in [-0.05, 0) is 60.8 Å². The van der Waals surface area contributed by atoms with Gasteiger partial charge in [-0.25, -0.2) is 10.5 Å². The number of carbonyl (C=O) groups is 1. The van der Waals surface area contributed by atoms with Crippen LogP contribution in [0.3, 0.4) is 0 Å². The van der Waals surface area contributed by atoms with Crippen LogP contribution in [0, 0.1) is 0 Å². The summed E-state index contributed by atoms with van der Waals surface area (Å²) in [5.74, 6) is 0.194. The fraction of sp³-hybridized carbons (Fsp3) is 0.231. The highest BCUT2D eigenvalue weighted by Crippen LogP contribution is 2.26. The number of fused-ring (bicyclic) bond motifs is 1. The predicted octanol–water partition coefficient (Wildman–Crippen LogP) is 5.00. The number of likely N-dealkylation sites (tertiary alicyclic amines) is 1. The topological polar surface area (TPSA) is 81.2 Å². The minimum Gasteiger partial charge on any atom is -0.338 e. The molecular weight excluding hydrogens is 400 g/mol. The maximum Gasteiger partial charge on any atom is 0.274 e. The second-order valence-corrected chi connectivity index (χ2v) is 8.37. The van der Waals surface area contributed by atoms with Crippen LogP contribution in [0.2, 0.25) is 0 Å². The molecule has 1 aromatic heterocycles. The van der Waals surface area contributed by atoms with E-state index in [2.05, 4.69) is 63.4 Å². The van der Waals surface area contributed by atoms with Crippen molar-refractivity contribution in [1.29, 1.82) is 0 Å². The molecule has 0 saturated carbocycles. The molecule has 0 unspecified atom stereocenters. The highest BCUT2D eigenvalue weighted by molar-refractivity contribution is 5.97. The van der Waals surface area contributed by atoms with Crippen molar-refractivity contribution in [2.24, 2.45) is 0 Å². The molecule has 1 amide bonds. The summed E-state index contributed by atoms with van der Waals surface area (Å²) in [7, 11) is 0. The number of H-pyrrole nitrogens is 1. The normalized spacial score (nSPS) is 14.5. The number of hydrogen-bond acceptors (Lipinski definition) is 4. The number of hydrogen-bond donors (Lipinski definition) is 3. The van der Waals surface area contributed by atoms with Crippen molar-refractivity contribution < 1.29 is 10.0 Å². The van der Waals surface area contributed by atoms with Crippen molar-refractivity contribution in [3.05, 3.63) is 77.9 Å². The Bertz CT molecular complexity index is 1220. The summed E-state index contributed by atoms with van der Waals surface area (Å²) in [4.78, 5) is 22.1. The minimum absolute atomic E-state index is 0.370. The number of aromatic nitrogens is 2. The van der Waals surface area contributed by atoms with E-state index in [1.807, 2.05) is 0 Å². The van der Waals surface area contributed by atoms with Crippen LogP contribution in [0.25, 0.3) is 33.5 Å². The first-order valence-corrected chi connectivity index (χ1v) is 11.1. The second-order valence-electron chi connectivity index (χ2n) is 8.37. The molecule has 0 atom stereocenters. The molecule has 3 aromatic carbocycles. The second kappa shape index (κ2) is 8.94. The summed E-state index contributed by atoms with van der Waals surface area (Å²) in [6.07, 6.45) is 3.99. The van der Waals surface area contributed by atoms with Crippen molar-refractivity contribution in [3.63, 3.8) is 0 Å². The number of nitrogens with zero attached hydrogens (tertiary/aromatic N) is 2. The van der Waals surface area contributed by atoms with E-state index in [1.165, 1.54) is 43.5 Å². The van der Waals surface area contributed by atoms with Gasteiger partial charge in [0, 0.05) is 17.7 Å². The number of piperidine rings is 1. The maximum atomic E-state index is 11.6. The fourth-order valence-corrected chi connectivity index (χ4v) is 4.35. The smallest absolute Gasteiger partial charge is 0.274 e. The Kier molecular flexibility index (Phi) is 5.71. The van der Waals surface area contributed by atoms with Crippen LogP contribution >= 0.6 is 0 Å². The van der Waals surface area contributed by atoms with Gasteiger partial charge in [0.2, 0.25) is 0 Å². The van der Waals surface area contributed by atoms with E-state index < -0.39 is 5.91 Å². The lowest BCUT2D eigenvalue weighted by Gasteiger charge is -2.26. The van der Waals surface area contributed by atoms with Crippen LogP contribution in [0.1, 0.15) is 35.2 Å². The lowest BCUT2D eigenvalue weighted by atomic mass is 10.0. The van der Waals surface area contributed by atoms with Gasteiger partial charge < -0.3 is 4.98 Å². The molecule has 1 saturated heterocycles. The molecule has 1 aliphatic rings. The summed E-state index contributed by atoms with van der Waals surface area (Å²) < 4.78 is 0. The zero-order chi connectivity index (χ0) is 21.9. The number of imidazole rings is 1. The Balaban J connectivity index is 1.32. The average Bonchev–Trinajstić information content (AvgIpc) is 3.28. The molecule has 6 heteroatoms. The number of amides is 1. The van der Waals surface area contributed by atoms with Gasteiger partial charge in [0.15, 0.2) is 0 Å². The third kappa shape index (κ3) is 4.28. The molecular formula is C26H26N4O2.